The second kappa shape index (κ2) is 27.7. The molecule has 0 bridgehead atoms. The first-order chi connectivity index (χ1) is 15.8. The van der Waals surface area contributed by atoms with E-state index < -0.39 is 5.97 Å². The highest BCUT2D eigenvalue weighted by Gasteiger charge is 1.95. The fourth-order valence-corrected chi connectivity index (χ4v) is 4.14. The Morgan fingerprint density at radius 3 is 1.22 bits per heavy atom. The van der Waals surface area contributed by atoms with E-state index >= 15 is 0 Å². The van der Waals surface area contributed by atoms with E-state index in [1.807, 2.05) is 12.2 Å². The van der Waals surface area contributed by atoms with Crippen molar-refractivity contribution in [2.75, 3.05) is 0 Å². The smallest absolute Gasteiger partial charge is 0.328 e. The SMILES string of the molecule is CCCCCCCCCCCCCCCCCCCCCCC/C=C/C=C/C=C/C(=O)O. The largest absolute Gasteiger partial charge is 0.478 e. The molecule has 0 aromatic rings. The Balaban J connectivity index is 3.13. The number of aliphatic carboxylic acids is 1. The molecule has 32 heavy (non-hydrogen) atoms. The molecular formula is C30H54O2. The zero-order valence-electron chi connectivity index (χ0n) is 21.4. The van der Waals surface area contributed by atoms with Crippen LogP contribution in [0.2, 0.25) is 0 Å². The zero-order valence-corrected chi connectivity index (χ0v) is 21.4. The Bertz CT molecular complexity index is 461. The Morgan fingerprint density at radius 2 is 0.844 bits per heavy atom. The number of unbranched alkanes of at least 4 members (excludes halogenated alkanes) is 21. The van der Waals surface area contributed by atoms with Crippen LogP contribution in [-0.4, -0.2) is 11.1 Å². The highest BCUT2D eigenvalue weighted by molar-refractivity contribution is 5.80. The summed E-state index contributed by atoms with van der Waals surface area (Å²) in [4.78, 5) is 10.3. The minimum absolute atomic E-state index is 0.904. The van der Waals surface area contributed by atoms with Crippen molar-refractivity contribution in [3.05, 3.63) is 36.5 Å². The van der Waals surface area contributed by atoms with E-state index in [4.69, 9.17) is 5.11 Å². The molecule has 1 N–H and O–H groups in total. The molecule has 2 nitrogen and oxygen atoms in total. The summed E-state index contributed by atoms with van der Waals surface area (Å²) < 4.78 is 0. The molecule has 0 rings (SSSR count). The minimum Gasteiger partial charge on any atom is -0.478 e. The lowest BCUT2D eigenvalue weighted by Gasteiger charge is -2.04. The molecule has 0 saturated carbocycles. The van der Waals surface area contributed by atoms with Gasteiger partial charge in [0, 0.05) is 6.08 Å². The molecule has 0 aliphatic heterocycles. The summed E-state index contributed by atoms with van der Waals surface area (Å²) in [7, 11) is 0. The topological polar surface area (TPSA) is 37.3 Å². The first-order valence-electron chi connectivity index (χ1n) is 14.0. The summed E-state index contributed by atoms with van der Waals surface area (Å²) in [5.41, 5.74) is 0. The molecule has 0 unspecified atom stereocenters. The van der Waals surface area contributed by atoms with Crippen LogP contribution in [0.3, 0.4) is 0 Å². The van der Waals surface area contributed by atoms with Gasteiger partial charge in [-0.25, -0.2) is 4.79 Å². The second-order valence-electron chi connectivity index (χ2n) is 9.37. The highest BCUT2D eigenvalue weighted by atomic mass is 16.4. The normalized spacial score (nSPS) is 12.0. The summed E-state index contributed by atoms with van der Waals surface area (Å²) in [6, 6.07) is 0. The summed E-state index contributed by atoms with van der Waals surface area (Å²) in [5.74, 6) is -0.904. The van der Waals surface area contributed by atoms with Crippen LogP contribution in [0, 0.1) is 0 Å². The predicted molar refractivity (Wildman–Crippen MR) is 142 cm³/mol. The third-order valence-electron chi connectivity index (χ3n) is 6.18. The molecular weight excluding hydrogens is 392 g/mol. The molecule has 0 aromatic carbocycles. The Hall–Kier alpha value is -1.31. The first kappa shape index (κ1) is 30.7. The maximum Gasteiger partial charge on any atom is 0.328 e. The van der Waals surface area contributed by atoms with Crippen LogP contribution in [-0.2, 0) is 4.79 Å². The van der Waals surface area contributed by atoms with Crippen LogP contribution >= 0.6 is 0 Å². The average Bonchev–Trinajstić information content (AvgIpc) is 2.78. The van der Waals surface area contributed by atoms with Gasteiger partial charge in [0.15, 0.2) is 0 Å². The molecule has 0 heterocycles. The number of hydrogen-bond donors (Lipinski definition) is 1. The molecule has 0 spiro atoms. The second-order valence-corrected chi connectivity index (χ2v) is 9.37. The fraction of sp³-hybridized carbons (Fsp3) is 0.767. The van der Waals surface area contributed by atoms with E-state index in [1.165, 1.54) is 135 Å². The van der Waals surface area contributed by atoms with Crippen molar-refractivity contribution in [3.8, 4) is 0 Å². The van der Waals surface area contributed by atoms with Gasteiger partial charge in [-0.3, -0.25) is 0 Å². The highest BCUT2D eigenvalue weighted by Crippen LogP contribution is 2.15. The number of allylic oxidation sites excluding steroid dienone is 5. The number of carboxylic acid groups (broad SMARTS) is 1. The van der Waals surface area contributed by atoms with Gasteiger partial charge in [-0.2, -0.15) is 0 Å². The van der Waals surface area contributed by atoms with Crippen LogP contribution in [0.5, 0.6) is 0 Å². The maximum absolute atomic E-state index is 10.3. The van der Waals surface area contributed by atoms with Crippen LogP contribution in [0.25, 0.3) is 0 Å². The van der Waals surface area contributed by atoms with E-state index in [0.29, 0.717) is 0 Å². The van der Waals surface area contributed by atoms with Gasteiger partial charge in [-0.15, -0.1) is 0 Å². The number of hydrogen-bond acceptors (Lipinski definition) is 1. The fourth-order valence-electron chi connectivity index (χ4n) is 4.14. The Morgan fingerprint density at radius 1 is 0.500 bits per heavy atom. The average molecular weight is 447 g/mol. The van der Waals surface area contributed by atoms with E-state index in [2.05, 4.69) is 13.0 Å². The van der Waals surface area contributed by atoms with Crippen molar-refractivity contribution in [2.24, 2.45) is 0 Å². The van der Waals surface area contributed by atoms with Gasteiger partial charge in [-0.1, -0.05) is 166 Å². The van der Waals surface area contributed by atoms with E-state index in [1.54, 1.807) is 12.2 Å². The lowest BCUT2D eigenvalue weighted by atomic mass is 10.0. The molecule has 0 fully saturated rings. The molecule has 0 aliphatic carbocycles. The number of rotatable bonds is 25. The molecule has 2 heteroatoms. The van der Waals surface area contributed by atoms with Crippen molar-refractivity contribution in [1.29, 1.82) is 0 Å². The van der Waals surface area contributed by atoms with E-state index in [0.717, 1.165) is 12.5 Å². The maximum atomic E-state index is 10.3. The van der Waals surface area contributed by atoms with E-state index in [-0.39, 0.29) is 0 Å². The van der Waals surface area contributed by atoms with Crippen LogP contribution in [0.4, 0.5) is 0 Å². The third kappa shape index (κ3) is 28.7. The summed E-state index contributed by atoms with van der Waals surface area (Å²) >= 11 is 0. The van der Waals surface area contributed by atoms with Gasteiger partial charge in [0.1, 0.15) is 0 Å². The third-order valence-corrected chi connectivity index (χ3v) is 6.18. The molecule has 0 aromatic heterocycles. The first-order valence-corrected chi connectivity index (χ1v) is 14.0. The monoisotopic (exact) mass is 446 g/mol. The van der Waals surface area contributed by atoms with Crippen LogP contribution < -0.4 is 0 Å². The molecule has 0 atom stereocenters. The van der Waals surface area contributed by atoms with Crippen molar-refractivity contribution >= 4 is 5.97 Å². The number of carboxylic acids is 1. The van der Waals surface area contributed by atoms with E-state index in [9.17, 15) is 4.79 Å². The van der Waals surface area contributed by atoms with Gasteiger partial charge < -0.3 is 5.11 Å². The predicted octanol–water partition coefficient (Wildman–Crippen LogP) is 10.3. The van der Waals surface area contributed by atoms with Gasteiger partial charge >= 0.3 is 5.97 Å². The molecule has 186 valence electrons. The Kier molecular flexibility index (Phi) is 26.6. The van der Waals surface area contributed by atoms with Gasteiger partial charge in [0.2, 0.25) is 0 Å². The molecule has 0 aliphatic rings. The van der Waals surface area contributed by atoms with Crippen molar-refractivity contribution in [1.82, 2.24) is 0 Å². The molecule has 0 radical (unpaired) electrons. The standard InChI is InChI=1S/C30H54O2/c1-2-3-4-5-6-7-8-9-10-11-12-13-14-15-16-17-18-19-20-21-22-23-24-25-26-27-28-29-30(31)32/h24-29H,2-23H2,1H3,(H,31,32)/b25-24+,27-26+,29-28+. The van der Waals surface area contributed by atoms with Crippen molar-refractivity contribution in [2.45, 2.75) is 148 Å². The lowest BCUT2D eigenvalue weighted by molar-refractivity contribution is -0.131. The van der Waals surface area contributed by atoms with Crippen LogP contribution in [0.1, 0.15) is 148 Å². The quantitative estimate of drug-likeness (QED) is 0.0860. The van der Waals surface area contributed by atoms with Crippen molar-refractivity contribution < 1.29 is 9.90 Å². The summed E-state index contributed by atoms with van der Waals surface area (Å²) in [5, 5.41) is 8.47. The van der Waals surface area contributed by atoms with Crippen molar-refractivity contribution in [3.63, 3.8) is 0 Å². The molecule has 0 amide bonds. The van der Waals surface area contributed by atoms with Crippen LogP contribution in [0.15, 0.2) is 36.5 Å². The zero-order chi connectivity index (χ0) is 23.4. The summed E-state index contributed by atoms with van der Waals surface area (Å²) in [6.45, 7) is 2.29. The van der Waals surface area contributed by atoms with Gasteiger partial charge in [-0.05, 0) is 12.8 Å². The van der Waals surface area contributed by atoms with Gasteiger partial charge in [0.05, 0.1) is 0 Å². The minimum atomic E-state index is -0.904. The summed E-state index contributed by atoms with van der Waals surface area (Å²) in [6.07, 6.45) is 41.5. The number of carbonyl (C=O) groups is 1. The Labute approximate surface area is 200 Å². The molecule has 0 saturated heterocycles. The van der Waals surface area contributed by atoms with Gasteiger partial charge in [0.25, 0.3) is 0 Å². The lowest BCUT2D eigenvalue weighted by Crippen LogP contribution is -1.84.